The van der Waals surface area contributed by atoms with Crippen LogP contribution in [-0.2, 0) is 17.6 Å². The van der Waals surface area contributed by atoms with E-state index < -0.39 is 0 Å². The van der Waals surface area contributed by atoms with Gasteiger partial charge in [0.25, 0.3) is 0 Å². The third kappa shape index (κ3) is 5.16. The number of halogens is 1. The Bertz CT molecular complexity index is 938. The average Bonchev–Trinajstić information content (AvgIpc) is 3.16. The molecule has 1 heterocycles. The number of nitrogens with one attached hydrogen (secondary N) is 1. The normalized spacial score (nSPS) is 10.7. The molecule has 146 valence electrons. The highest BCUT2D eigenvalue weighted by molar-refractivity contribution is 5.76. The van der Waals surface area contributed by atoms with Gasteiger partial charge in [-0.15, -0.1) is 0 Å². The van der Waals surface area contributed by atoms with Crippen LogP contribution in [0.4, 0.5) is 4.39 Å². The van der Waals surface area contributed by atoms with Gasteiger partial charge in [0.1, 0.15) is 11.6 Å². The van der Waals surface area contributed by atoms with E-state index in [0.717, 1.165) is 16.9 Å². The van der Waals surface area contributed by atoms with Crippen molar-refractivity contribution in [1.29, 1.82) is 0 Å². The van der Waals surface area contributed by atoms with Crippen molar-refractivity contribution < 1.29 is 18.4 Å². The lowest BCUT2D eigenvalue weighted by Gasteiger charge is -2.10. The Morgan fingerprint density at radius 2 is 1.96 bits per heavy atom. The molecule has 0 unspecified atom stereocenters. The minimum absolute atomic E-state index is 0.0897. The molecular weight excluding hydrogens is 361 g/mol. The fraction of sp³-hybridized carbons (Fsp3) is 0.286. The van der Waals surface area contributed by atoms with E-state index in [1.165, 1.54) is 12.1 Å². The molecule has 0 saturated carbocycles. The van der Waals surface area contributed by atoms with Gasteiger partial charge in [0.2, 0.25) is 17.6 Å². The molecule has 0 radical (unpaired) electrons. The number of carbonyl (C=O) groups is 1. The highest BCUT2D eigenvalue weighted by Gasteiger charge is 2.11. The molecule has 3 aromatic rings. The molecule has 0 aliphatic rings. The molecule has 28 heavy (non-hydrogen) atoms. The van der Waals surface area contributed by atoms with Gasteiger partial charge < -0.3 is 14.6 Å². The summed E-state index contributed by atoms with van der Waals surface area (Å²) in [6.07, 6.45) is 1.27. The lowest BCUT2D eigenvalue weighted by molar-refractivity contribution is -0.121. The maximum Gasteiger partial charge on any atom is 0.227 e. The topological polar surface area (TPSA) is 77.2 Å². The number of hydrogen-bond acceptors (Lipinski definition) is 5. The number of hydrogen-bond donors (Lipinski definition) is 1. The van der Waals surface area contributed by atoms with Crippen LogP contribution in [0, 0.1) is 12.7 Å². The summed E-state index contributed by atoms with van der Waals surface area (Å²) in [6.45, 7) is 2.54. The van der Waals surface area contributed by atoms with Crippen LogP contribution < -0.4 is 10.1 Å². The smallest absolute Gasteiger partial charge is 0.227 e. The lowest BCUT2D eigenvalue weighted by atomic mass is 10.1. The fourth-order valence-corrected chi connectivity index (χ4v) is 2.82. The van der Waals surface area contributed by atoms with Crippen LogP contribution in [0.3, 0.4) is 0 Å². The first-order valence-corrected chi connectivity index (χ1v) is 9.04. The van der Waals surface area contributed by atoms with Crippen molar-refractivity contribution in [2.45, 2.75) is 26.2 Å². The van der Waals surface area contributed by atoms with Crippen molar-refractivity contribution in [2.24, 2.45) is 0 Å². The monoisotopic (exact) mass is 383 g/mol. The summed E-state index contributed by atoms with van der Waals surface area (Å²) in [5, 5.41) is 6.76. The number of amides is 1. The first kappa shape index (κ1) is 19.5. The van der Waals surface area contributed by atoms with Gasteiger partial charge in [0, 0.05) is 24.9 Å². The minimum Gasteiger partial charge on any atom is -0.496 e. The standard InChI is InChI=1S/C21H22FN3O3/c1-14-3-8-18(27-2)16(13-14)11-12-23-19(26)9-10-20-24-21(25-28-20)15-4-6-17(22)7-5-15/h3-8,13H,9-12H2,1-2H3,(H,23,26). The molecular formula is C21H22FN3O3. The van der Waals surface area contributed by atoms with Crippen LogP contribution in [0.2, 0.25) is 0 Å². The molecule has 0 aliphatic carbocycles. The van der Waals surface area contributed by atoms with E-state index in [1.807, 2.05) is 19.1 Å². The zero-order chi connectivity index (χ0) is 19.9. The summed E-state index contributed by atoms with van der Waals surface area (Å²) in [4.78, 5) is 16.3. The summed E-state index contributed by atoms with van der Waals surface area (Å²) in [7, 11) is 1.64. The molecule has 2 aromatic carbocycles. The fourth-order valence-electron chi connectivity index (χ4n) is 2.82. The summed E-state index contributed by atoms with van der Waals surface area (Å²) in [5.74, 6) is 1.15. The summed E-state index contributed by atoms with van der Waals surface area (Å²) in [5.41, 5.74) is 2.87. The van der Waals surface area contributed by atoms with E-state index in [-0.39, 0.29) is 18.1 Å². The van der Waals surface area contributed by atoms with Gasteiger partial charge in [-0.3, -0.25) is 4.79 Å². The Labute approximate surface area is 162 Å². The zero-order valence-electron chi connectivity index (χ0n) is 15.9. The number of nitrogens with zero attached hydrogens (tertiary/aromatic N) is 2. The maximum atomic E-state index is 13.0. The minimum atomic E-state index is -0.326. The Hall–Kier alpha value is -3.22. The molecule has 1 amide bonds. The van der Waals surface area contributed by atoms with Crippen molar-refractivity contribution in [3.8, 4) is 17.1 Å². The molecule has 0 fully saturated rings. The van der Waals surface area contributed by atoms with Crippen molar-refractivity contribution in [3.05, 3.63) is 65.3 Å². The van der Waals surface area contributed by atoms with E-state index in [4.69, 9.17) is 9.26 Å². The second-order valence-electron chi connectivity index (χ2n) is 6.43. The molecule has 7 heteroatoms. The molecule has 3 rings (SSSR count). The van der Waals surface area contributed by atoms with Gasteiger partial charge in [0.15, 0.2) is 0 Å². The first-order valence-electron chi connectivity index (χ1n) is 9.04. The maximum absolute atomic E-state index is 13.0. The first-order chi connectivity index (χ1) is 13.5. The Kier molecular flexibility index (Phi) is 6.37. The Balaban J connectivity index is 1.46. The highest BCUT2D eigenvalue weighted by atomic mass is 19.1. The van der Waals surface area contributed by atoms with Crippen LogP contribution in [-0.4, -0.2) is 29.7 Å². The van der Waals surface area contributed by atoms with Gasteiger partial charge in [-0.1, -0.05) is 22.9 Å². The van der Waals surface area contributed by atoms with Gasteiger partial charge in [-0.2, -0.15) is 4.98 Å². The molecule has 1 aromatic heterocycles. The number of rotatable bonds is 8. The van der Waals surface area contributed by atoms with E-state index in [9.17, 15) is 9.18 Å². The number of ether oxygens (including phenoxy) is 1. The summed E-state index contributed by atoms with van der Waals surface area (Å²) in [6, 6.07) is 11.8. The van der Waals surface area contributed by atoms with Crippen molar-refractivity contribution in [1.82, 2.24) is 15.5 Å². The number of benzene rings is 2. The number of carbonyl (C=O) groups excluding carboxylic acids is 1. The Morgan fingerprint density at radius 1 is 1.18 bits per heavy atom. The largest absolute Gasteiger partial charge is 0.496 e. The van der Waals surface area contributed by atoms with E-state index >= 15 is 0 Å². The third-order valence-corrected chi connectivity index (χ3v) is 4.29. The van der Waals surface area contributed by atoms with Crippen LogP contribution in [0.1, 0.15) is 23.4 Å². The molecule has 0 saturated heterocycles. The summed E-state index contributed by atoms with van der Waals surface area (Å²) >= 11 is 0. The van der Waals surface area contributed by atoms with Crippen molar-refractivity contribution in [3.63, 3.8) is 0 Å². The SMILES string of the molecule is COc1ccc(C)cc1CCNC(=O)CCc1nc(-c2ccc(F)cc2)no1. The van der Waals surface area contributed by atoms with Gasteiger partial charge >= 0.3 is 0 Å². The van der Waals surface area contributed by atoms with Crippen molar-refractivity contribution >= 4 is 5.91 Å². The predicted molar refractivity (Wildman–Crippen MR) is 102 cm³/mol. The predicted octanol–water partition coefficient (Wildman–Crippen LogP) is 3.48. The molecule has 0 spiro atoms. The second kappa shape index (κ2) is 9.12. The van der Waals surface area contributed by atoms with Gasteiger partial charge in [-0.25, -0.2) is 4.39 Å². The molecule has 1 N–H and O–H groups in total. The zero-order valence-corrected chi connectivity index (χ0v) is 15.9. The van der Waals surface area contributed by atoms with Gasteiger partial charge in [-0.05, 0) is 49.2 Å². The third-order valence-electron chi connectivity index (χ3n) is 4.29. The van der Waals surface area contributed by atoms with Crippen LogP contribution in [0.15, 0.2) is 47.0 Å². The Morgan fingerprint density at radius 3 is 2.71 bits per heavy atom. The lowest BCUT2D eigenvalue weighted by Crippen LogP contribution is -2.26. The van der Waals surface area contributed by atoms with Crippen LogP contribution in [0.5, 0.6) is 5.75 Å². The quantitative estimate of drug-likeness (QED) is 0.644. The molecule has 0 atom stereocenters. The second-order valence-corrected chi connectivity index (χ2v) is 6.43. The van der Waals surface area contributed by atoms with Gasteiger partial charge in [0.05, 0.1) is 7.11 Å². The number of methoxy groups -OCH3 is 1. The van der Waals surface area contributed by atoms with Crippen LogP contribution >= 0.6 is 0 Å². The summed E-state index contributed by atoms with van der Waals surface area (Å²) < 4.78 is 23.5. The molecule has 6 nitrogen and oxygen atoms in total. The van der Waals surface area contributed by atoms with E-state index in [0.29, 0.717) is 36.7 Å². The molecule has 0 bridgehead atoms. The number of aryl methyl sites for hydroxylation is 2. The number of aromatic nitrogens is 2. The van der Waals surface area contributed by atoms with E-state index in [1.54, 1.807) is 19.2 Å². The van der Waals surface area contributed by atoms with Crippen LogP contribution in [0.25, 0.3) is 11.4 Å². The average molecular weight is 383 g/mol. The molecule has 0 aliphatic heterocycles. The van der Waals surface area contributed by atoms with E-state index in [2.05, 4.69) is 21.5 Å². The highest BCUT2D eigenvalue weighted by Crippen LogP contribution is 2.20. The van der Waals surface area contributed by atoms with Crippen molar-refractivity contribution in [2.75, 3.05) is 13.7 Å².